The highest BCUT2D eigenvalue weighted by molar-refractivity contribution is 5.86. The van der Waals surface area contributed by atoms with Gasteiger partial charge in [0, 0.05) is 0 Å². The zero-order valence-corrected chi connectivity index (χ0v) is 10.4. The van der Waals surface area contributed by atoms with Crippen LogP contribution in [0.2, 0.25) is 0 Å². The van der Waals surface area contributed by atoms with Gasteiger partial charge in [-0.05, 0) is 23.3 Å². The lowest BCUT2D eigenvalue weighted by atomic mass is 10.00. The van der Waals surface area contributed by atoms with Gasteiger partial charge in [0.25, 0.3) is 6.02 Å². The molecule has 3 nitrogen and oxygen atoms in total. The Hall–Kier alpha value is -2.03. The summed E-state index contributed by atoms with van der Waals surface area (Å²) in [7, 11) is 0. The van der Waals surface area contributed by atoms with Gasteiger partial charge < -0.3 is 10.1 Å². The molecule has 1 N–H and O–H groups in total. The Morgan fingerprint density at radius 3 is 2.83 bits per heavy atom. The molecule has 0 amide bonds. The van der Waals surface area contributed by atoms with Gasteiger partial charge in [-0.25, -0.2) is 4.99 Å². The number of amidine groups is 1. The molecule has 0 radical (unpaired) electrons. The van der Waals surface area contributed by atoms with Crippen LogP contribution in [0.4, 0.5) is 0 Å². The fourth-order valence-corrected chi connectivity index (χ4v) is 2.31. The van der Waals surface area contributed by atoms with Gasteiger partial charge in [0.15, 0.2) is 0 Å². The van der Waals surface area contributed by atoms with Crippen molar-refractivity contribution in [1.82, 2.24) is 5.32 Å². The van der Waals surface area contributed by atoms with Crippen molar-refractivity contribution in [2.24, 2.45) is 4.99 Å². The third kappa shape index (κ3) is 2.04. The predicted octanol–water partition coefficient (Wildman–Crippen LogP) is 2.88. The van der Waals surface area contributed by atoms with Crippen LogP contribution in [0.25, 0.3) is 10.8 Å². The van der Waals surface area contributed by atoms with Crippen molar-refractivity contribution in [1.29, 1.82) is 0 Å². The number of aliphatic imine (C=N–C) groups is 1. The molecule has 92 valence electrons. The highest BCUT2D eigenvalue weighted by atomic mass is 16.5. The summed E-state index contributed by atoms with van der Waals surface area (Å²) in [6.45, 7) is 3.57. The second-order valence-corrected chi connectivity index (χ2v) is 4.47. The van der Waals surface area contributed by atoms with Crippen molar-refractivity contribution >= 4 is 16.8 Å². The number of nitrogens with zero attached hydrogens (tertiary/aromatic N) is 1. The maximum Gasteiger partial charge on any atom is 0.285 e. The second-order valence-electron chi connectivity index (χ2n) is 4.47. The Balaban J connectivity index is 1.93. The first-order valence-corrected chi connectivity index (χ1v) is 6.26. The first-order valence-electron chi connectivity index (χ1n) is 6.26. The van der Waals surface area contributed by atoms with E-state index in [0.29, 0.717) is 12.6 Å². The number of ether oxygens (including phenoxy) is 1. The molecule has 0 spiro atoms. The molecule has 2 aromatic rings. The van der Waals surface area contributed by atoms with Crippen molar-refractivity contribution in [2.75, 3.05) is 13.2 Å². The Morgan fingerprint density at radius 1 is 1.17 bits per heavy atom. The molecule has 0 saturated heterocycles. The summed E-state index contributed by atoms with van der Waals surface area (Å²) in [6, 6.07) is 15.6. The topological polar surface area (TPSA) is 33.6 Å². The molecule has 1 aliphatic heterocycles. The third-order valence-corrected chi connectivity index (χ3v) is 3.22. The molecule has 0 aromatic heterocycles. The largest absolute Gasteiger partial charge is 0.463 e. The predicted molar refractivity (Wildman–Crippen MR) is 73.8 cm³/mol. The molecule has 0 bridgehead atoms. The van der Waals surface area contributed by atoms with E-state index in [2.05, 4.69) is 59.7 Å². The minimum Gasteiger partial charge on any atom is -0.463 e. The highest BCUT2D eigenvalue weighted by Crippen LogP contribution is 2.24. The van der Waals surface area contributed by atoms with Gasteiger partial charge in [-0.1, -0.05) is 42.5 Å². The fourth-order valence-electron chi connectivity index (χ4n) is 2.31. The molecule has 3 heteroatoms. The van der Waals surface area contributed by atoms with E-state index in [1.807, 2.05) is 0 Å². The van der Waals surface area contributed by atoms with E-state index >= 15 is 0 Å². The first-order chi connectivity index (χ1) is 8.84. The quantitative estimate of drug-likeness (QED) is 0.875. The zero-order chi connectivity index (χ0) is 12.4. The second kappa shape index (κ2) is 4.69. The van der Waals surface area contributed by atoms with Crippen molar-refractivity contribution in [3.63, 3.8) is 0 Å². The summed E-state index contributed by atoms with van der Waals surface area (Å²) in [5.41, 5.74) is 1.27. The molecule has 0 aliphatic carbocycles. The van der Waals surface area contributed by atoms with Crippen molar-refractivity contribution < 1.29 is 4.74 Å². The van der Waals surface area contributed by atoms with E-state index in [1.54, 1.807) is 0 Å². The molecular formula is C15H16N2O. The molecular weight excluding hydrogens is 224 g/mol. The fraction of sp³-hybridized carbons (Fsp3) is 0.267. The molecule has 1 atom stereocenters. The minimum absolute atomic E-state index is 0.188. The highest BCUT2D eigenvalue weighted by Gasteiger charge is 2.13. The van der Waals surface area contributed by atoms with Gasteiger partial charge in [0.1, 0.15) is 6.61 Å². The standard InChI is InChI=1S/C15H16N2O/c1-11(17-15-16-9-10-18-15)13-8-4-6-12-5-2-3-7-14(12)13/h2-8,11H,9-10H2,1H3,(H,16,17)/t11-/m1/s1. The number of fused-ring (bicyclic) bond motifs is 1. The van der Waals surface area contributed by atoms with E-state index in [-0.39, 0.29) is 6.04 Å². The molecule has 0 fully saturated rings. The Kier molecular flexibility index (Phi) is 2.89. The van der Waals surface area contributed by atoms with Crippen LogP contribution in [0.3, 0.4) is 0 Å². The summed E-state index contributed by atoms with van der Waals surface area (Å²) in [5, 5.41) is 5.85. The van der Waals surface area contributed by atoms with E-state index in [9.17, 15) is 0 Å². The van der Waals surface area contributed by atoms with Crippen molar-refractivity contribution in [3.8, 4) is 0 Å². The van der Waals surface area contributed by atoms with E-state index < -0.39 is 0 Å². The van der Waals surface area contributed by atoms with Gasteiger partial charge in [-0.2, -0.15) is 0 Å². The van der Waals surface area contributed by atoms with E-state index in [0.717, 1.165) is 6.54 Å². The van der Waals surface area contributed by atoms with Crippen LogP contribution < -0.4 is 5.32 Å². The molecule has 1 aliphatic rings. The molecule has 0 saturated carbocycles. The summed E-state index contributed by atoms with van der Waals surface area (Å²) in [5.74, 6) is 0. The smallest absolute Gasteiger partial charge is 0.285 e. The zero-order valence-electron chi connectivity index (χ0n) is 10.4. The molecule has 18 heavy (non-hydrogen) atoms. The molecule has 3 rings (SSSR count). The van der Waals surface area contributed by atoms with Crippen LogP contribution in [0.15, 0.2) is 47.5 Å². The molecule has 2 aromatic carbocycles. The summed E-state index contributed by atoms with van der Waals surface area (Å²) < 4.78 is 5.40. The van der Waals surface area contributed by atoms with Gasteiger partial charge in [0.2, 0.25) is 0 Å². The summed E-state index contributed by atoms with van der Waals surface area (Å²) in [6.07, 6.45) is 0. The normalized spacial score (nSPS) is 16.2. The Morgan fingerprint density at radius 2 is 2.00 bits per heavy atom. The molecule has 0 unspecified atom stereocenters. The number of hydrogen-bond acceptors (Lipinski definition) is 3. The van der Waals surface area contributed by atoms with Crippen LogP contribution in [-0.2, 0) is 4.74 Å². The van der Waals surface area contributed by atoms with E-state index in [4.69, 9.17) is 4.74 Å². The SMILES string of the molecule is C[C@@H](NC1=NCCO1)c1cccc2ccccc12. The first kappa shape index (κ1) is 11.1. The van der Waals surface area contributed by atoms with Crippen LogP contribution in [0, 0.1) is 0 Å². The number of nitrogens with one attached hydrogen (secondary N) is 1. The Labute approximate surface area is 106 Å². The summed E-state index contributed by atoms with van der Waals surface area (Å²) >= 11 is 0. The monoisotopic (exact) mass is 240 g/mol. The van der Waals surface area contributed by atoms with E-state index in [1.165, 1.54) is 16.3 Å². The Bertz CT molecular complexity index is 587. The maximum atomic E-state index is 5.40. The third-order valence-electron chi connectivity index (χ3n) is 3.22. The van der Waals surface area contributed by atoms with Crippen molar-refractivity contribution in [3.05, 3.63) is 48.0 Å². The summed E-state index contributed by atoms with van der Waals surface area (Å²) in [4.78, 5) is 4.26. The van der Waals surface area contributed by atoms with Gasteiger partial charge >= 0.3 is 0 Å². The maximum absolute atomic E-state index is 5.40. The van der Waals surface area contributed by atoms with Gasteiger partial charge in [-0.3, -0.25) is 0 Å². The van der Waals surface area contributed by atoms with Crippen LogP contribution in [0.1, 0.15) is 18.5 Å². The van der Waals surface area contributed by atoms with Crippen molar-refractivity contribution in [2.45, 2.75) is 13.0 Å². The average molecular weight is 240 g/mol. The number of hydrogen-bond donors (Lipinski definition) is 1. The van der Waals surface area contributed by atoms with Crippen LogP contribution in [0.5, 0.6) is 0 Å². The number of benzene rings is 2. The lowest BCUT2D eigenvalue weighted by Gasteiger charge is -2.16. The minimum atomic E-state index is 0.188. The lowest BCUT2D eigenvalue weighted by molar-refractivity contribution is 0.327. The molecule has 1 heterocycles. The van der Waals surface area contributed by atoms with Gasteiger partial charge in [0.05, 0.1) is 12.6 Å². The van der Waals surface area contributed by atoms with Crippen LogP contribution >= 0.6 is 0 Å². The lowest BCUT2D eigenvalue weighted by Crippen LogP contribution is -2.26. The van der Waals surface area contributed by atoms with Crippen LogP contribution in [-0.4, -0.2) is 19.2 Å². The number of rotatable bonds is 2. The van der Waals surface area contributed by atoms with Gasteiger partial charge in [-0.15, -0.1) is 0 Å². The average Bonchev–Trinajstić information content (AvgIpc) is 2.91.